The van der Waals surface area contributed by atoms with Crippen molar-refractivity contribution in [2.75, 3.05) is 0 Å². The van der Waals surface area contributed by atoms with E-state index in [0.717, 1.165) is 17.7 Å². The van der Waals surface area contributed by atoms with E-state index >= 15 is 0 Å². The Bertz CT molecular complexity index is 1240. The van der Waals surface area contributed by atoms with E-state index in [1.165, 1.54) is 16.7 Å². The number of nitrogens with zero attached hydrogens (tertiary/aromatic N) is 5. The van der Waals surface area contributed by atoms with Crippen molar-refractivity contribution in [1.29, 1.82) is 0 Å². The van der Waals surface area contributed by atoms with Gasteiger partial charge in [0.25, 0.3) is 5.56 Å². The number of rotatable bonds is 4. The van der Waals surface area contributed by atoms with E-state index < -0.39 is 6.36 Å². The van der Waals surface area contributed by atoms with Gasteiger partial charge in [-0.2, -0.15) is 5.10 Å². The second-order valence-electron chi connectivity index (χ2n) is 6.40. The van der Waals surface area contributed by atoms with Gasteiger partial charge in [-0.05, 0) is 31.2 Å². The lowest BCUT2D eigenvalue weighted by Crippen LogP contribution is -2.20. The van der Waals surface area contributed by atoms with Crippen molar-refractivity contribution in [3.63, 3.8) is 0 Å². The summed E-state index contributed by atoms with van der Waals surface area (Å²) in [5.41, 5.74) is 2.44. The molecular weight excluding hydrogens is 387 g/mol. The van der Waals surface area contributed by atoms with Gasteiger partial charge in [0.15, 0.2) is 0 Å². The predicted octanol–water partition coefficient (Wildman–Crippen LogP) is 3.51. The second-order valence-corrected chi connectivity index (χ2v) is 6.40. The Hall–Kier alpha value is -3.56. The molecule has 1 aromatic carbocycles. The molecular formula is C19H16F3N5O2. The van der Waals surface area contributed by atoms with E-state index in [1.54, 1.807) is 35.0 Å². The zero-order chi connectivity index (χ0) is 20.8. The number of halogens is 3. The van der Waals surface area contributed by atoms with Crippen molar-refractivity contribution in [1.82, 2.24) is 23.9 Å². The Morgan fingerprint density at radius 1 is 1.14 bits per heavy atom. The number of benzene rings is 1. The van der Waals surface area contributed by atoms with Crippen LogP contribution in [0.3, 0.4) is 0 Å². The first-order valence-corrected chi connectivity index (χ1v) is 8.72. The molecule has 3 heterocycles. The average Bonchev–Trinajstić information content (AvgIpc) is 3.29. The van der Waals surface area contributed by atoms with Gasteiger partial charge in [-0.15, -0.1) is 13.2 Å². The van der Waals surface area contributed by atoms with Gasteiger partial charge in [-0.1, -0.05) is 0 Å². The summed E-state index contributed by atoms with van der Waals surface area (Å²) in [6, 6.07) is 5.11. The van der Waals surface area contributed by atoms with Gasteiger partial charge in [0.1, 0.15) is 16.8 Å². The molecule has 150 valence electrons. The number of aromatic nitrogens is 5. The highest BCUT2D eigenvalue weighted by Crippen LogP contribution is 2.27. The molecule has 3 aromatic heterocycles. The van der Waals surface area contributed by atoms with Gasteiger partial charge in [-0.3, -0.25) is 14.0 Å². The molecule has 0 aliphatic rings. The molecule has 0 spiro atoms. The average molecular weight is 403 g/mol. The normalized spacial score (nSPS) is 11.9. The predicted molar refractivity (Wildman–Crippen MR) is 99.9 cm³/mol. The first kappa shape index (κ1) is 18.8. The quantitative estimate of drug-likeness (QED) is 0.523. The Morgan fingerprint density at radius 2 is 1.86 bits per heavy atom. The van der Waals surface area contributed by atoms with Gasteiger partial charge >= 0.3 is 6.36 Å². The molecule has 0 amide bonds. The molecule has 0 saturated carbocycles. The molecule has 29 heavy (non-hydrogen) atoms. The van der Waals surface area contributed by atoms with Crippen LogP contribution in [0.2, 0.25) is 0 Å². The summed E-state index contributed by atoms with van der Waals surface area (Å²) in [5.74, 6) is -0.361. The maximum atomic E-state index is 13.0. The largest absolute Gasteiger partial charge is 0.573 e. The number of alkyl halides is 3. The first-order valence-electron chi connectivity index (χ1n) is 8.72. The van der Waals surface area contributed by atoms with Crippen molar-refractivity contribution < 1.29 is 17.9 Å². The standard InChI is InChI=1S/C19H16F3N5O2/c1-3-26-9-12(8-24-26)15-10-27(18(28)17-16(15)23-11-25(17)2)13-4-6-14(7-5-13)29-19(20,21)22/h4-11H,3H2,1-2H3. The number of aryl methyl sites for hydroxylation is 2. The van der Waals surface area contributed by atoms with Crippen LogP contribution in [0.15, 0.2) is 54.0 Å². The molecule has 0 N–H and O–H groups in total. The minimum atomic E-state index is -4.78. The molecule has 0 unspecified atom stereocenters. The first-order chi connectivity index (χ1) is 13.8. The number of fused-ring (bicyclic) bond motifs is 1. The Labute approximate surface area is 162 Å². The SMILES string of the molecule is CCn1cc(-c2cn(-c3ccc(OC(F)(F)F)cc3)c(=O)c3c2ncn3C)cn1. The summed E-state index contributed by atoms with van der Waals surface area (Å²) >= 11 is 0. The molecule has 0 atom stereocenters. The Kier molecular flexibility index (Phi) is 4.40. The van der Waals surface area contributed by atoms with E-state index in [0.29, 0.717) is 28.8 Å². The molecule has 10 heteroatoms. The van der Waals surface area contributed by atoms with Crippen molar-refractivity contribution in [3.8, 4) is 22.6 Å². The molecule has 0 fully saturated rings. The highest BCUT2D eigenvalue weighted by Gasteiger charge is 2.31. The second kappa shape index (κ2) is 6.80. The van der Waals surface area contributed by atoms with Gasteiger partial charge in [-0.25, -0.2) is 4.98 Å². The summed E-state index contributed by atoms with van der Waals surface area (Å²) in [5, 5.41) is 4.27. The van der Waals surface area contributed by atoms with Crippen molar-refractivity contribution in [2.24, 2.45) is 7.05 Å². The fourth-order valence-electron chi connectivity index (χ4n) is 3.13. The Balaban J connectivity index is 1.87. The van der Waals surface area contributed by atoms with E-state index in [2.05, 4.69) is 14.8 Å². The van der Waals surface area contributed by atoms with Gasteiger partial charge in [0, 0.05) is 42.8 Å². The molecule has 4 aromatic rings. The highest BCUT2D eigenvalue weighted by molar-refractivity contribution is 5.91. The van der Waals surface area contributed by atoms with Gasteiger partial charge in [0.05, 0.1) is 12.5 Å². The maximum Gasteiger partial charge on any atom is 0.573 e. The third-order valence-corrected chi connectivity index (χ3v) is 4.49. The van der Waals surface area contributed by atoms with Crippen LogP contribution >= 0.6 is 0 Å². The fourth-order valence-corrected chi connectivity index (χ4v) is 3.13. The number of hydrogen-bond donors (Lipinski definition) is 0. The highest BCUT2D eigenvalue weighted by atomic mass is 19.4. The summed E-state index contributed by atoms with van der Waals surface area (Å²) in [6.45, 7) is 2.64. The molecule has 0 radical (unpaired) electrons. The maximum absolute atomic E-state index is 13.0. The van der Waals surface area contributed by atoms with Crippen LogP contribution in [0.5, 0.6) is 5.75 Å². The lowest BCUT2D eigenvalue weighted by molar-refractivity contribution is -0.274. The van der Waals surface area contributed by atoms with E-state index in [-0.39, 0.29) is 11.3 Å². The van der Waals surface area contributed by atoms with Crippen LogP contribution in [0, 0.1) is 0 Å². The lowest BCUT2D eigenvalue weighted by Gasteiger charge is -2.12. The van der Waals surface area contributed by atoms with Crippen LogP contribution in [0.4, 0.5) is 13.2 Å². The summed E-state index contributed by atoms with van der Waals surface area (Å²) in [6.07, 6.45) is 1.91. The summed E-state index contributed by atoms with van der Waals surface area (Å²) < 4.78 is 45.8. The number of pyridine rings is 1. The zero-order valence-electron chi connectivity index (χ0n) is 15.5. The van der Waals surface area contributed by atoms with E-state index in [1.807, 2.05) is 13.1 Å². The minimum absolute atomic E-state index is 0.337. The topological polar surface area (TPSA) is 66.9 Å². The van der Waals surface area contributed by atoms with Crippen LogP contribution in [0.1, 0.15) is 6.92 Å². The number of hydrogen-bond acceptors (Lipinski definition) is 4. The molecule has 0 bridgehead atoms. The summed E-state index contributed by atoms with van der Waals surface area (Å²) in [4.78, 5) is 17.4. The van der Waals surface area contributed by atoms with Crippen molar-refractivity contribution in [2.45, 2.75) is 19.8 Å². The third-order valence-electron chi connectivity index (χ3n) is 4.49. The summed E-state index contributed by atoms with van der Waals surface area (Å²) in [7, 11) is 1.71. The third kappa shape index (κ3) is 3.48. The molecule has 4 rings (SSSR count). The molecule has 0 aliphatic carbocycles. The van der Waals surface area contributed by atoms with Gasteiger partial charge < -0.3 is 9.30 Å². The van der Waals surface area contributed by atoms with Crippen molar-refractivity contribution in [3.05, 3.63) is 59.5 Å². The number of imidazole rings is 1. The van der Waals surface area contributed by atoms with Gasteiger partial charge in [0.2, 0.25) is 0 Å². The monoisotopic (exact) mass is 403 g/mol. The fraction of sp³-hybridized carbons (Fsp3) is 0.211. The van der Waals surface area contributed by atoms with Crippen molar-refractivity contribution >= 4 is 11.0 Å². The Morgan fingerprint density at radius 3 is 2.48 bits per heavy atom. The lowest BCUT2D eigenvalue weighted by atomic mass is 10.1. The van der Waals surface area contributed by atoms with Crippen LogP contribution < -0.4 is 10.3 Å². The minimum Gasteiger partial charge on any atom is -0.406 e. The van der Waals surface area contributed by atoms with E-state index in [9.17, 15) is 18.0 Å². The molecule has 7 nitrogen and oxygen atoms in total. The smallest absolute Gasteiger partial charge is 0.406 e. The molecule has 0 saturated heterocycles. The molecule has 0 aliphatic heterocycles. The van der Waals surface area contributed by atoms with Crippen LogP contribution in [-0.4, -0.2) is 30.3 Å². The van der Waals surface area contributed by atoms with E-state index in [4.69, 9.17) is 0 Å². The number of ether oxygens (including phenoxy) is 1. The van der Waals surface area contributed by atoms with Crippen LogP contribution in [-0.2, 0) is 13.6 Å². The van der Waals surface area contributed by atoms with Crippen LogP contribution in [0.25, 0.3) is 27.8 Å². The zero-order valence-corrected chi connectivity index (χ0v) is 15.5.